The summed E-state index contributed by atoms with van der Waals surface area (Å²) in [6.45, 7) is 5.54. The highest BCUT2D eigenvalue weighted by Gasteiger charge is 2.15. The van der Waals surface area contributed by atoms with Crippen molar-refractivity contribution >= 4 is 35.7 Å². The van der Waals surface area contributed by atoms with E-state index in [4.69, 9.17) is 18.9 Å². The van der Waals surface area contributed by atoms with Gasteiger partial charge in [0, 0.05) is 23.3 Å². The summed E-state index contributed by atoms with van der Waals surface area (Å²) < 4.78 is 22.0. The zero-order valence-corrected chi connectivity index (χ0v) is 27.8. The number of rotatable bonds is 18. The number of carbonyl (C=O) groups is 4. The highest BCUT2D eigenvalue weighted by molar-refractivity contribution is 6.13. The first-order valence-electron chi connectivity index (χ1n) is 16.3. The molecule has 0 heterocycles. The second kappa shape index (κ2) is 19.2. The minimum Gasteiger partial charge on any atom is -0.494 e. The van der Waals surface area contributed by atoms with Crippen LogP contribution in [0.5, 0.6) is 23.0 Å². The van der Waals surface area contributed by atoms with Gasteiger partial charge in [-0.05, 0) is 109 Å². The number of hydrogen-bond donors (Lipinski definition) is 0. The molecule has 4 aromatic carbocycles. The molecular formula is C41H40O8. The summed E-state index contributed by atoms with van der Waals surface area (Å²) in [6.07, 6.45) is 9.67. The lowest BCUT2D eigenvalue weighted by Gasteiger charge is -2.06. The van der Waals surface area contributed by atoms with E-state index in [1.54, 1.807) is 12.2 Å². The summed E-state index contributed by atoms with van der Waals surface area (Å²) in [5.74, 6) is 0.178. The van der Waals surface area contributed by atoms with Crippen LogP contribution < -0.4 is 18.9 Å². The summed E-state index contributed by atoms with van der Waals surface area (Å²) in [6, 6.07) is 26.8. The monoisotopic (exact) mass is 660 g/mol. The van der Waals surface area contributed by atoms with E-state index < -0.39 is 11.9 Å². The Labute approximate surface area is 287 Å². The Bertz CT molecular complexity index is 1600. The largest absolute Gasteiger partial charge is 0.494 e. The van der Waals surface area contributed by atoms with E-state index in [0.29, 0.717) is 24.3 Å². The van der Waals surface area contributed by atoms with E-state index in [-0.39, 0.29) is 29.5 Å². The number of Topliss-reactive ketones (excluding diaryl/α,β-unsaturated/α-hetero) is 2. The predicted octanol–water partition coefficient (Wildman–Crippen LogP) is 8.74. The van der Waals surface area contributed by atoms with Crippen molar-refractivity contribution in [2.24, 2.45) is 0 Å². The molecule has 0 unspecified atom stereocenters. The summed E-state index contributed by atoms with van der Waals surface area (Å²) in [5, 5.41) is 0. The molecule has 0 atom stereocenters. The number of benzene rings is 4. The van der Waals surface area contributed by atoms with E-state index in [0.717, 1.165) is 48.3 Å². The molecule has 4 rings (SSSR count). The molecule has 0 radical (unpaired) electrons. The van der Waals surface area contributed by atoms with Gasteiger partial charge in [-0.3, -0.25) is 9.59 Å². The van der Waals surface area contributed by atoms with E-state index in [1.807, 2.05) is 48.5 Å². The fraction of sp³-hybridized carbons (Fsp3) is 0.220. The van der Waals surface area contributed by atoms with Crippen LogP contribution in [-0.2, 0) is 9.59 Å². The van der Waals surface area contributed by atoms with Crippen LogP contribution in [0, 0.1) is 0 Å². The summed E-state index contributed by atoms with van der Waals surface area (Å²) in [4.78, 5) is 50.1. The van der Waals surface area contributed by atoms with Crippen molar-refractivity contribution in [2.45, 2.75) is 46.0 Å². The minimum absolute atomic E-state index is 0.266. The molecule has 0 aliphatic carbocycles. The quantitative estimate of drug-likeness (QED) is 0.0261. The third-order valence-corrected chi connectivity index (χ3v) is 7.23. The average Bonchev–Trinajstić information content (AvgIpc) is 3.12. The SMILES string of the molecule is CCCCOc1ccc(/C=C/C(=O)Oc2ccc(C(=O)CC(=O)c3ccc(OC(=O)/C=C/c4ccc(OCCCC)cc4)cc3)cc2)cc1. The first kappa shape index (κ1) is 36.1. The van der Waals surface area contributed by atoms with Crippen LogP contribution in [0.25, 0.3) is 12.2 Å². The topological polar surface area (TPSA) is 105 Å². The number of esters is 2. The molecule has 0 fully saturated rings. The fourth-order valence-electron chi connectivity index (χ4n) is 4.42. The number of unbranched alkanes of at least 4 members (excludes halogenated alkanes) is 2. The summed E-state index contributed by atoms with van der Waals surface area (Å²) >= 11 is 0. The maximum Gasteiger partial charge on any atom is 0.336 e. The number of hydrogen-bond acceptors (Lipinski definition) is 8. The number of ketones is 2. The van der Waals surface area contributed by atoms with Gasteiger partial charge in [-0.15, -0.1) is 0 Å². The fourth-order valence-corrected chi connectivity index (χ4v) is 4.42. The van der Waals surface area contributed by atoms with Crippen molar-refractivity contribution in [1.29, 1.82) is 0 Å². The smallest absolute Gasteiger partial charge is 0.336 e. The molecule has 49 heavy (non-hydrogen) atoms. The molecule has 0 saturated carbocycles. The Balaban J connectivity index is 1.21. The van der Waals surface area contributed by atoms with E-state index in [9.17, 15) is 19.2 Å². The molecule has 0 bridgehead atoms. The Hall–Kier alpha value is -5.76. The first-order valence-corrected chi connectivity index (χ1v) is 16.3. The molecule has 0 aliphatic rings. The van der Waals surface area contributed by atoms with Crippen LogP contribution in [0.1, 0.15) is 77.8 Å². The van der Waals surface area contributed by atoms with Crippen molar-refractivity contribution in [3.05, 3.63) is 131 Å². The zero-order valence-electron chi connectivity index (χ0n) is 27.8. The van der Waals surface area contributed by atoms with E-state index >= 15 is 0 Å². The van der Waals surface area contributed by atoms with Crippen LogP contribution in [-0.4, -0.2) is 36.7 Å². The number of carbonyl (C=O) groups excluding carboxylic acids is 4. The lowest BCUT2D eigenvalue weighted by molar-refractivity contribution is -0.129. The summed E-state index contributed by atoms with van der Waals surface area (Å²) in [5.41, 5.74) is 2.25. The first-order chi connectivity index (χ1) is 23.8. The van der Waals surface area contributed by atoms with Crippen LogP contribution in [0.2, 0.25) is 0 Å². The molecular weight excluding hydrogens is 620 g/mol. The maximum atomic E-state index is 12.8. The van der Waals surface area contributed by atoms with Gasteiger partial charge in [0.05, 0.1) is 19.6 Å². The van der Waals surface area contributed by atoms with Gasteiger partial charge in [0.2, 0.25) is 0 Å². The second-order valence-corrected chi connectivity index (χ2v) is 11.1. The lowest BCUT2D eigenvalue weighted by Crippen LogP contribution is -2.09. The molecule has 0 N–H and O–H groups in total. The van der Waals surface area contributed by atoms with Crippen molar-refractivity contribution in [3.8, 4) is 23.0 Å². The molecule has 8 heteroatoms. The molecule has 0 aromatic heterocycles. The van der Waals surface area contributed by atoms with Crippen LogP contribution in [0.3, 0.4) is 0 Å². The molecule has 0 aliphatic heterocycles. The lowest BCUT2D eigenvalue weighted by atomic mass is 10.0. The highest BCUT2D eigenvalue weighted by Crippen LogP contribution is 2.19. The van der Waals surface area contributed by atoms with Gasteiger partial charge >= 0.3 is 11.9 Å². The van der Waals surface area contributed by atoms with Crippen molar-refractivity contribution < 1.29 is 38.1 Å². The third-order valence-electron chi connectivity index (χ3n) is 7.23. The van der Waals surface area contributed by atoms with Crippen molar-refractivity contribution in [3.63, 3.8) is 0 Å². The van der Waals surface area contributed by atoms with Gasteiger partial charge in [0.25, 0.3) is 0 Å². The van der Waals surface area contributed by atoms with Gasteiger partial charge in [-0.1, -0.05) is 51.0 Å². The normalized spacial score (nSPS) is 11.0. The second-order valence-electron chi connectivity index (χ2n) is 11.1. The molecule has 0 saturated heterocycles. The zero-order chi connectivity index (χ0) is 34.8. The molecule has 4 aromatic rings. The average molecular weight is 661 g/mol. The Morgan fingerprint density at radius 2 is 0.837 bits per heavy atom. The van der Waals surface area contributed by atoms with Crippen molar-refractivity contribution in [2.75, 3.05) is 13.2 Å². The highest BCUT2D eigenvalue weighted by atomic mass is 16.5. The summed E-state index contributed by atoms with van der Waals surface area (Å²) in [7, 11) is 0. The van der Waals surface area contributed by atoms with E-state index in [1.165, 1.54) is 60.7 Å². The van der Waals surface area contributed by atoms with Crippen molar-refractivity contribution in [1.82, 2.24) is 0 Å². The van der Waals surface area contributed by atoms with Crippen LogP contribution in [0.4, 0.5) is 0 Å². The number of ether oxygens (including phenoxy) is 4. The molecule has 252 valence electrons. The van der Waals surface area contributed by atoms with Crippen LogP contribution >= 0.6 is 0 Å². The van der Waals surface area contributed by atoms with Crippen LogP contribution in [0.15, 0.2) is 109 Å². The van der Waals surface area contributed by atoms with E-state index in [2.05, 4.69) is 13.8 Å². The predicted molar refractivity (Wildman–Crippen MR) is 189 cm³/mol. The van der Waals surface area contributed by atoms with Gasteiger partial charge in [0.1, 0.15) is 23.0 Å². The van der Waals surface area contributed by atoms with Gasteiger partial charge in [-0.2, -0.15) is 0 Å². The maximum absolute atomic E-state index is 12.8. The van der Waals surface area contributed by atoms with Gasteiger partial charge in [0.15, 0.2) is 11.6 Å². The molecule has 0 spiro atoms. The Kier molecular flexibility index (Phi) is 14.1. The Morgan fingerprint density at radius 1 is 0.490 bits per heavy atom. The molecule has 8 nitrogen and oxygen atoms in total. The van der Waals surface area contributed by atoms with Gasteiger partial charge in [-0.25, -0.2) is 9.59 Å². The molecule has 0 amide bonds. The third kappa shape index (κ3) is 12.4. The Morgan fingerprint density at radius 3 is 1.18 bits per heavy atom. The van der Waals surface area contributed by atoms with Gasteiger partial charge < -0.3 is 18.9 Å². The standard InChI is InChI=1S/C41H40O8/c1-3-5-27-46-34-17-7-30(8-18-34)11-25-40(44)48-36-21-13-32(14-22-36)38(42)29-39(43)33-15-23-37(24-16-33)49-41(45)26-12-31-9-19-35(20-10-31)47-28-6-4-2/h7-26H,3-6,27-29H2,1-2H3/b25-11+,26-12+. The minimum atomic E-state index is -0.569.